The SMILES string of the molecule is O=C(COC(=O)C(O)(c1ccccc1)c1ccccc1)c1ccc(Cl)cc1. The zero-order valence-electron chi connectivity index (χ0n) is 14.3. The van der Waals surface area contributed by atoms with Gasteiger partial charge in [-0.25, -0.2) is 4.79 Å². The largest absolute Gasteiger partial charge is 0.455 e. The number of rotatable bonds is 6. The normalized spacial score (nSPS) is 11.0. The van der Waals surface area contributed by atoms with E-state index < -0.39 is 18.2 Å². The number of hydrogen-bond donors (Lipinski definition) is 1. The quantitative estimate of drug-likeness (QED) is 0.518. The predicted molar refractivity (Wildman–Crippen MR) is 103 cm³/mol. The van der Waals surface area contributed by atoms with E-state index >= 15 is 0 Å². The van der Waals surface area contributed by atoms with Crippen LogP contribution in [-0.4, -0.2) is 23.5 Å². The molecule has 0 radical (unpaired) electrons. The van der Waals surface area contributed by atoms with Crippen LogP contribution < -0.4 is 0 Å². The Kier molecular flexibility index (Phi) is 5.69. The van der Waals surface area contributed by atoms with Gasteiger partial charge in [0.1, 0.15) is 0 Å². The average Bonchev–Trinajstić information content (AvgIpc) is 2.73. The zero-order chi connectivity index (χ0) is 19.3. The van der Waals surface area contributed by atoms with Gasteiger partial charge in [-0.15, -0.1) is 0 Å². The van der Waals surface area contributed by atoms with Crippen LogP contribution in [0.25, 0.3) is 0 Å². The fraction of sp³-hybridized carbons (Fsp3) is 0.0909. The van der Waals surface area contributed by atoms with E-state index in [4.69, 9.17) is 16.3 Å². The van der Waals surface area contributed by atoms with Crippen molar-refractivity contribution in [2.24, 2.45) is 0 Å². The first-order valence-corrected chi connectivity index (χ1v) is 8.69. The number of hydrogen-bond acceptors (Lipinski definition) is 4. The number of aliphatic hydroxyl groups is 1. The molecule has 0 aliphatic rings. The van der Waals surface area contributed by atoms with Gasteiger partial charge < -0.3 is 9.84 Å². The number of halogens is 1. The van der Waals surface area contributed by atoms with Gasteiger partial charge in [-0.1, -0.05) is 72.3 Å². The molecule has 3 aromatic rings. The summed E-state index contributed by atoms with van der Waals surface area (Å²) in [6.07, 6.45) is 0. The number of ketones is 1. The van der Waals surface area contributed by atoms with E-state index in [1.165, 1.54) is 0 Å². The molecule has 0 fully saturated rings. The molecule has 0 spiro atoms. The molecule has 0 aromatic heterocycles. The lowest BCUT2D eigenvalue weighted by atomic mass is 9.86. The van der Waals surface area contributed by atoms with Crippen LogP contribution in [0.15, 0.2) is 84.9 Å². The van der Waals surface area contributed by atoms with Gasteiger partial charge in [-0.2, -0.15) is 0 Å². The second-order valence-corrected chi connectivity index (χ2v) is 6.39. The van der Waals surface area contributed by atoms with Crippen LogP contribution in [0.2, 0.25) is 5.02 Å². The maximum Gasteiger partial charge on any atom is 0.348 e. The topological polar surface area (TPSA) is 63.6 Å². The van der Waals surface area contributed by atoms with E-state index in [2.05, 4.69) is 0 Å². The Hall–Kier alpha value is -2.95. The highest BCUT2D eigenvalue weighted by Crippen LogP contribution is 2.31. The van der Waals surface area contributed by atoms with E-state index in [0.717, 1.165) is 0 Å². The van der Waals surface area contributed by atoms with Gasteiger partial charge in [0.15, 0.2) is 12.4 Å². The standard InChI is InChI=1S/C22H17ClO4/c23-19-13-11-16(12-14-19)20(24)15-27-21(25)22(26,17-7-3-1-4-8-17)18-9-5-2-6-10-18/h1-14,26H,15H2. The maximum absolute atomic E-state index is 12.8. The molecule has 27 heavy (non-hydrogen) atoms. The number of benzene rings is 3. The van der Waals surface area contributed by atoms with Crippen LogP contribution in [0, 0.1) is 0 Å². The summed E-state index contributed by atoms with van der Waals surface area (Å²) < 4.78 is 5.19. The van der Waals surface area contributed by atoms with Crippen molar-refractivity contribution in [2.45, 2.75) is 5.60 Å². The molecule has 0 saturated carbocycles. The third kappa shape index (κ3) is 4.08. The first-order valence-electron chi connectivity index (χ1n) is 8.31. The summed E-state index contributed by atoms with van der Waals surface area (Å²) in [5.41, 5.74) is -0.918. The van der Waals surface area contributed by atoms with E-state index in [-0.39, 0.29) is 5.78 Å². The Bertz CT molecular complexity index is 882. The average molecular weight is 381 g/mol. The second-order valence-electron chi connectivity index (χ2n) is 5.95. The van der Waals surface area contributed by atoms with Crippen molar-refractivity contribution in [2.75, 3.05) is 6.61 Å². The fourth-order valence-corrected chi connectivity index (χ4v) is 2.84. The zero-order valence-corrected chi connectivity index (χ0v) is 15.1. The van der Waals surface area contributed by atoms with Gasteiger partial charge in [-0.05, 0) is 35.4 Å². The highest BCUT2D eigenvalue weighted by atomic mass is 35.5. The molecule has 3 aromatic carbocycles. The van der Waals surface area contributed by atoms with Gasteiger partial charge in [0.05, 0.1) is 0 Å². The molecule has 0 aliphatic carbocycles. The van der Waals surface area contributed by atoms with E-state index in [9.17, 15) is 14.7 Å². The lowest BCUT2D eigenvalue weighted by molar-refractivity contribution is -0.160. The van der Waals surface area contributed by atoms with Crippen LogP contribution in [0.4, 0.5) is 0 Å². The molecule has 0 saturated heterocycles. The molecule has 5 heteroatoms. The Morgan fingerprint density at radius 1 is 0.815 bits per heavy atom. The summed E-state index contributed by atoms with van der Waals surface area (Å²) in [5, 5.41) is 11.7. The van der Waals surface area contributed by atoms with Crippen LogP contribution in [0.5, 0.6) is 0 Å². The van der Waals surface area contributed by atoms with Crippen molar-refractivity contribution in [3.05, 3.63) is 107 Å². The molecule has 136 valence electrons. The first kappa shape index (κ1) is 18.8. The highest BCUT2D eigenvalue weighted by Gasteiger charge is 2.41. The summed E-state index contributed by atoms with van der Waals surface area (Å²) >= 11 is 5.81. The van der Waals surface area contributed by atoms with Crippen LogP contribution in [0.1, 0.15) is 21.5 Å². The summed E-state index contributed by atoms with van der Waals surface area (Å²) in [5.74, 6) is -1.30. The molecular weight excluding hydrogens is 364 g/mol. The van der Waals surface area contributed by atoms with Crippen molar-refractivity contribution in [3.8, 4) is 0 Å². The minimum Gasteiger partial charge on any atom is -0.455 e. The Morgan fingerprint density at radius 2 is 1.30 bits per heavy atom. The number of carbonyl (C=O) groups is 2. The molecule has 0 amide bonds. The van der Waals surface area contributed by atoms with Crippen molar-refractivity contribution in [3.63, 3.8) is 0 Å². The van der Waals surface area contributed by atoms with Gasteiger partial charge in [0.2, 0.25) is 5.60 Å². The Balaban J connectivity index is 1.84. The van der Waals surface area contributed by atoms with Crippen LogP contribution in [-0.2, 0) is 15.1 Å². The van der Waals surface area contributed by atoms with E-state index in [0.29, 0.717) is 21.7 Å². The number of Topliss-reactive ketones (excluding diaryl/α,β-unsaturated/α-hetero) is 1. The van der Waals surface area contributed by atoms with Gasteiger partial charge >= 0.3 is 5.97 Å². The summed E-state index contributed by atoms with van der Waals surface area (Å²) in [6.45, 7) is -0.484. The number of carbonyl (C=O) groups excluding carboxylic acids is 2. The van der Waals surface area contributed by atoms with Crippen molar-refractivity contribution >= 4 is 23.4 Å². The molecule has 0 heterocycles. The van der Waals surface area contributed by atoms with Crippen LogP contribution in [0.3, 0.4) is 0 Å². The van der Waals surface area contributed by atoms with Gasteiger partial charge in [0, 0.05) is 10.6 Å². The van der Waals surface area contributed by atoms with Crippen LogP contribution >= 0.6 is 11.6 Å². The number of ether oxygens (including phenoxy) is 1. The van der Waals surface area contributed by atoms with Crippen molar-refractivity contribution in [1.82, 2.24) is 0 Å². The molecule has 4 nitrogen and oxygen atoms in total. The third-order valence-corrected chi connectivity index (χ3v) is 4.43. The van der Waals surface area contributed by atoms with Crippen molar-refractivity contribution in [1.29, 1.82) is 0 Å². The molecular formula is C22H17ClO4. The molecule has 1 N–H and O–H groups in total. The van der Waals surface area contributed by atoms with Crippen molar-refractivity contribution < 1.29 is 19.4 Å². The lowest BCUT2D eigenvalue weighted by Gasteiger charge is -2.26. The molecule has 0 unspecified atom stereocenters. The molecule has 3 rings (SSSR count). The lowest BCUT2D eigenvalue weighted by Crippen LogP contribution is -2.39. The second kappa shape index (κ2) is 8.16. The molecule has 0 atom stereocenters. The Labute approximate surface area is 162 Å². The Morgan fingerprint density at radius 3 is 1.78 bits per heavy atom. The summed E-state index contributed by atoms with van der Waals surface area (Å²) in [7, 11) is 0. The monoisotopic (exact) mass is 380 g/mol. The van der Waals surface area contributed by atoms with Gasteiger partial charge in [0.25, 0.3) is 0 Å². The first-order chi connectivity index (χ1) is 13.0. The summed E-state index contributed by atoms with van der Waals surface area (Å²) in [4.78, 5) is 25.1. The minimum absolute atomic E-state index is 0.361. The van der Waals surface area contributed by atoms with E-state index in [1.807, 2.05) is 0 Å². The fourth-order valence-electron chi connectivity index (χ4n) is 2.72. The minimum atomic E-state index is -2.01. The third-order valence-electron chi connectivity index (χ3n) is 4.18. The van der Waals surface area contributed by atoms with Gasteiger partial charge in [-0.3, -0.25) is 4.79 Å². The molecule has 0 bridgehead atoms. The predicted octanol–water partition coefficient (Wildman–Crippen LogP) is 4.00. The molecule has 0 aliphatic heterocycles. The van der Waals surface area contributed by atoms with E-state index in [1.54, 1.807) is 84.9 Å². The summed E-state index contributed by atoms with van der Waals surface area (Å²) in [6, 6.07) is 23.2. The highest BCUT2D eigenvalue weighted by molar-refractivity contribution is 6.30. The maximum atomic E-state index is 12.8. The number of esters is 1. The smallest absolute Gasteiger partial charge is 0.348 e.